The van der Waals surface area contributed by atoms with E-state index in [1.165, 1.54) is 5.56 Å². The SMILES string of the molecule is CNCCCC(=O)N1CCC(OCc2ccccc2)CC1.Cl. The van der Waals surface area contributed by atoms with E-state index in [-0.39, 0.29) is 24.4 Å². The number of rotatable bonds is 7. The Kier molecular flexibility index (Phi) is 9.13. The molecule has 0 radical (unpaired) electrons. The van der Waals surface area contributed by atoms with Gasteiger partial charge in [0.1, 0.15) is 0 Å². The molecule has 5 heteroatoms. The number of nitrogens with zero attached hydrogens (tertiary/aromatic N) is 1. The Morgan fingerprint density at radius 2 is 1.95 bits per heavy atom. The molecular weight excluding hydrogens is 300 g/mol. The van der Waals surface area contributed by atoms with Crippen molar-refractivity contribution in [1.29, 1.82) is 0 Å². The van der Waals surface area contributed by atoms with Gasteiger partial charge in [0.2, 0.25) is 5.91 Å². The minimum atomic E-state index is 0. The molecule has 0 aliphatic carbocycles. The summed E-state index contributed by atoms with van der Waals surface area (Å²) in [6, 6.07) is 10.2. The van der Waals surface area contributed by atoms with Gasteiger partial charge >= 0.3 is 0 Å². The number of nitrogens with one attached hydrogen (secondary N) is 1. The molecule has 0 bridgehead atoms. The van der Waals surface area contributed by atoms with Crippen molar-refractivity contribution in [3.05, 3.63) is 35.9 Å². The van der Waals surface area contributed by atoms with E-state index in [4.69, 9.17) is 4.74 Å². The molecule has 4 nitrogen and oxygen atoms in total. The zero-order valence-electron chi connectivity index (χ0n) is 13.3. The molecule has 0 spiro atoms. The second-order valence-corrected chi connectivity index (χ2v) is 5.58. The zero-order valence-corrected chi connectivity index (χ0v) is 14.1. The lowest BCUT2D eigenvalue weighted by Crippen LogP contribution is -2.40. The largest absolute Gasteiger partial charge is 0.373 e. The summed E-state index contributed by atoms with van der Waals surface area (Å²) in [4.78, 5) is 14.0. The van der Waals surface area contributed by atoms with Crippen LogP contribution in [0.3, 0.4) is 0 Å². The van der Waals surface area contributed by atoms with Crippen LogP contribution >= 0.6 is 12.4 Å². The summed E-state index contributed by atoms with van der Waals surface area (Å²) < 4.78 is 5.95. The topological polar surface area (TPSA) is 41.6 Å². The summed E-state index contributed by atoms with van der Waals surface area (Å²) >= 11 is 0. The number of piperidine rings is 1. The van der Waals surface area contributed by atoms with Crippen molar-refractivity contribution >= 4 is 18.3 Å². The Bertz CT molecular complexity index is 420. The molecule has 0 atom stereocenters. The summed E-state index contributed by atoms with van der Waals surface area (Å²) in [6.45, 7) is 3.24. The van der Waals surface area contributed by atoms with E-state index in [1.807, 2.05) is 30.1 Å². The summed E-state index contributed by atoms with van der Waals surface area (Å²) in [7, 11) is 1.92. The van der Waals surface area contributed by atoms with Crippen molar-refractivity contribution in [1.82, 2.24) is 10.2 Å². The van der Waals surface area contributed by atoms with Crippen molar-refractivity contribution in [2.75, 3.05) is 26.7 Å². The van der Waals surface area contributed by atoms with Gasteiger partial charge in [0.05, 0.1) is 12.7 Å². The number of hydrogen-bond donors (Lipinski definition) is 1. The van der Waals surface area contributed by atoms with E-state index in [1.54, 1.807) is 0 Å². The number of hydrogen-bond acceptors (Lipinski definition) is 3. The molecule has 1 amide bonds. The van der Waals surface area contributed by atoms with E-state index in [9.17, 15) is 4.79 Å². The lowest BCUT2D eigenvalue weighted by Gasteiger charge is -2.32. The van der Waals surface area contributed by atoms with E-state index in [0.717, 1.165) is 38.9 Å². The van der Waals surface area contributed by atoms with Gasteiger partial charge in [0.15, 0.2) is 0 Å². The number of benzene rings is 1. The smallest absolute Gasteiger partial charge is 0.222 e. The van der Waals surface area contributed by atoms with Gasteiger partial charge in [-0.25, -0.2) is 0 Å². The fraction of sp³-hybridized carbons (Fsp3) is 0.588. The highest BCUT2D eigenvalue weighted by molar-refractivity contribution is 5.85. The first-order chi connectivity index (χ1) is 10.3. The Balaban J connectivity index is 0.00000242. The molecule has 1 aromatic carbocycles. The molecule has 124 valence electrons. The first-order valence-corrected chi connectivity index (χ1v) is 7.87. The van der Waals surface area contributed by atoms with Crippen LogP contribution in [0, 0.1) is 0 Å². The minimum Gasteiger partial charge on any atom is -0.373 e. The molecule has 1 aliphatic rings. The standard InChI is InChI=1S/C17H26N2O2.ClH/c1-18-11-5-8-17(20)19-12-9-16(10-13-19)21-14-15-6-3-2-4-7-15;/h2-4,6-7,16,18H,5,8-14H2,1H3;1H. The molecule has 1 aromatic rings. The number of carbonyl (C=O) groups is 1. The highest BCUT2D eigenvalue weighted by Crippen LogP contribution is 2.16. The van der Waals surface area contributed by atoms with Crippen LogP contribution in [-0.4, -0.2) is 43.6 Å². The number of ether oxygens (including phenoxy) is 1. The molecule has 1 heterocycles. The third kappa shape index (κ3) is 6.34. The van der Waals surface area contributed by atoms with Gasteiger partial charge in [-0.05, 0) is 38.4 Å². The van der Waals surface area contributed by atoms with Crippen LogP contribution in [0.25, 0.3) is 0 Å². The van der Waals surface area contributed by atoms with Gasteiger partial charge in [0.25, 0.3) is 0 Å². The van der Waals surface area contributed by atoms with E-state index >= 15 is 0 Å². The van der Waals surface area contributed by atoms with Crippen LogP contribution in [0.4, 0.5) is 0 Å². The van der Waals surface area contributed by atoms with Crippen molar-refractivity contribution in [3.63, 3.8) is 0 Å². The van der Waals surface area contributed by atoms with Crippen LogP contribution in [0.15, 0.2) is 30.3 Å². The van der Waals surface area contributed by atoms with Crippen molar-refractivity contribution < 1.29 is 9.53 Å². The Morgan fingerprint density at radius 1 is 1.27 bits per heavy atom. The fourth-order valence-electron chi connectivity index (χ4n) is 2.63. The average Bonchev–Trinajstić information content (AvgIpc) is 2.54. The fourth-order valence-corrected chi connectivity index (χ4v) is 2.63. The van der Waals surface area contributed by atoms with E-state index in [0.29, 0.717) is 13.0 Å². The normalized spacial score (nSPS) is 15.4. The highest BCUT2D eigenvalue weighted by atomic mass is 35.5. The van der Waals surface area contributed by atoms with Crippen molar-refractivity contribution in [3.8, 4) is 0 Å². The van der Waals surface area contributed by atoms with Crippen LogP contribution in [0.1, 0.15) is 31.2 Å². The third-order valence-corrected chi connectivity index (χ3v) is 3.94. The zero-order chi connectivity index (χ0) is 14.9. The minimum absolute atomic E-state index is 0. The number of carbonyl (C=O) groups excluding carboxylic acids is 1. The number of halogens is 1. The van der Waals surface area contributed by atoms with Crippen LogP contribution in [-0.2, 0) is 16.1 Å². The summed E-state index contributed by atoms with van der Waals surface area (Å²) in [6.07, 6.45) is 3.75. The third-order valence-electron chi connectivity index (χ3n) is 3.94. The van der Waals surface area contributed by atoms with E-state index < -0.39 is 0 Å². The van der Waals surface area contributed by atoms with Gasteiger partial charge < -0.3 is 15.0 Å². The predicted molar refractivity (Wildman–Crippen MR) is 91.2 cm³/mol. The maximum Gasteiger partial charge on any atom is 0.222 e. The van der Waals surface area contributed by atoms with Crippen LogP contribution in [0.2, 0.25) is 0 Å². The first kappa shape index (κ1) is 18.9. The molecule has 0 unspecified atom stereocenters. The molecule has 2 rings (SSSR count). The second-order valence-electron chi connectivity index (χ2n) is 5.58. The molecule has 0 saturated carbocycles. The molecule has 0 aromatic heterocycles. The quantitative estimate of drug-likeness (QED) is 0.783. The van der Waals surface area contributed by atoms with Gasteiger partial charge in [-0.3, -0.25) is 4.79 Å². The van der Waals surface area contributed by atoms with Gasteiger partial charge in [0, 0.05) is 19.5 Å². The second kappa shape index (κ2) is 10.6. The summed E-state index contributed by atoms with van der Waals surface area (Å²) in [5.74, 6) is 0.284. The number of amides is 1. The monoisotopic (exact) mass is 326 g/mol. The lowest BCUT2D eigenvalue weighted by atomic mass is 10.1. The molecule has 1 saturated heterocycles. The number of likely N-dealkylation sites (tertiary alicyclic amines) is 1. The maximum absolute atomic E-state index is 12.0. The maximum atomic E-state index is 12.0. The predicted octanol–water partition coefficient (Wildman–Crippen LogP) is 2.62. The van der Waals surface area contributed by atoms with Crippen molar-refractivity contribution in [2.45, 2.75) is 38.4 Å². The Labute approximate surface area is 139 Å². The average molecular weight is 327 g/mol. The highest BCUT2D eigenvalue weighted by Gasteiger charge is 2.22. The molecule has 1 aliphatic heterocycles. The molecule has 22 heavy (non-hydrogen) atoms. The van der Waals surface area contributed by atoms with Crippen LogP contribution in [0.5, 0.6) is 0 Å². The Morgan fingerprint density at radius 3 is 2.59 bits per heavy atom. The Hall–Kier alpha value is -1.10. The van der Waals surface area contributed by atoms with E-state index in [2.05, 4.69) is 17.4 Å². The van der Waals surface area contributed by atoms with Gasteiger partial charge in [-0.1, -0.05) is 30.3 Å². The molecular formula is C17H27ClN2O2. The van der Waals surface area contributed by atoms with Gasteiger partial charge in [-0.15, -0.1) is 12.4 Å². The molecule has 1 N–H and O–H groups in total. The molecule has 1 fully saturated rings. The lowest BCUT2D eigenvalue weighted by molar-refractivity contribution is -0.134. The summed E-state index contributed by atoms with van der Waals surface area (Å²) in [5, 5.41) is 3.07. The summed E-state index contributed by atoms with van der Waals surface area (Å²) in [5.41, 5.74) is 1.21. The van der Waals surface area contributed by atoms with Crippen molar-refractivity contribution in [2.24, 2.45) is 0 Å². The first-order valence-electron chi connectivity index (χ1n) is 7.87. The van der Waals surface area contributed by atoms with Crippen LogP contribution < -0.4 is 5.32 Å². The van der Waals surface area contributed by atoms with Gasteiger partial charge in [-0.2, -0.15) is 0 Å².